The maximum absolute atomic E-state index is 11.0. The summed E-state index contributed by atoms with van der Waals surface area (Å²) in [6.07, 6.45) is 2.14. The summed E-state index contributed by atoms with van der Waals surface area (Å²) in [5, 5.41) is 21.8. The van der Waals surface area contributed by atoms with E-state index in [0.29, 0.717) is 22.6 Å². The molecule has 0 aliphatic carbocycles. The molecule has 2 aromatic rings. The van der Waals surface area contributed by atoms with Gasteiger partial charge in [0.25, 0.3) is 0 Å². The number of benzene rings is 1. The van der Waals surface area contributed by atoms with Crippen molar-refractivity contribution in [2.75, 3.05) is 7.11 Å². The molecule has 110 valence electrons. The van der Waals surface area contributed by atoms with E-state index in [1.165, 1.54) is 30.1 Å². The van der Waals surface area contributed by atoms with Crippen LogP contribution in [0.5, 0.6) is 5.75 Å². The van der Waals surface area contributed by atoms with Crippen LogP contribution < -0.4 is 4.74 Å². The van der Waals surface area contributed by atoms with Gasteiger partial charge in [-0.05, 0) is 24.4 Å². The number of hydrogen-bond donors (Lipinski definition) is 1. The molecule has 0 spiro atoms. The minimum Gasteiger partial charge on any atom is -0.490 e. The average molecular weight is 307 g/mol. The van der Waals surface area contributed by atoms with Crippen LogP contribution in [0.1, 0.15) is 18.3 Å². The second kappa shape index (κ2) is 6.27. The lowest BCUT2D eigenvalue weighted by Crippen LogP contribution is -1.98. The fraction of sp³-hybridized carbons (Fsp3) is 0.250. The van der Waals surface area contributed by atoms with Crippen molar-refractivity contribution in [2.45, 2.75) is 13.3 Å². The molecule has 1 heterocycles. The monoisotopic (exact) mass is 307 g/mol. The number of methoxy groups -OCH3 is 1. The quantitative estimate of drug-likeness (QED) is 0.395. The fourth-order valence-electron chi connectivity index (χ4n) is 1.73. The third kappa shape index (κ3) is 3.14. The zero-order valence-electron chi connectivity index (χ0n) is 11.4. The lowest BCUT2D eigenvalue weighted by molar-refractivity contribution is -0.385. The van der Waals surface area contributed by atoms with Crippen LogP contribution in [0.25, 0.3) is 0 Å². The highest BCUT2D eigenvalue weighted by atomic mass is 32.1. The van der Waals surface area contributed by atoms with Crippen LogP contribution in [0.15, 0.2) is 23.3 Å². The Morgan fingerprint density at radius 3 is 3.00 bits per heavy atom. The molecule has 0 aliphatic rings. The lowest BCUT2D eigenvalue weighted by Gasteiger charge is -2.02. The summed E-state index contributed by atoms with van der Waals surface area (Å²) in [5.41, 5.74) is 0.445. The van der Waals surface area contributed by atoms with Crippen molar-refractivity contribution in [3.05, 3.63) is 44.5 Å². The maximum atomic E-state index is 11.0. The van der Waals surface area contributed by atoms with E-state index in [4.69, 9.17) is 17.0 Å². The molecule has 9 heteroatoms. The summed E-state index contributed by atoms with van der Waals surface area (Å²) < 4.78 is 6.79. The van der Waals surface area contributed by atoms with Crippen molar-refractivity contribution in [3.8, 4) is 5.75 Å². The van der Waals surface area contributed by atoms with Crippen LogP contribution in [-0.2, 0) is 6.42 Å². The molecule has 1 N–H and O–H groups in total. The molecule has 1 aromatic heterocycles. The van der Waals surface area contributed by atoms with Gasteiger partial charge < -0.3 is 4.74 Å². The molecular formula is C12H13N5O3S. The summed E-state index contributed by atoms with van der Waals surface area (Å²) in [4.78, 5) is 10.5. The van der Waals surface area contributed by atoms with E-state index in [1.54, 1.807) is 6.07 Å². The van der Waals surface area contributed by atoms with E-state index in [9.17, 15) is 10.1 Å². The van der Waals surface area contributed by atoms with E-state index in [1.807, 2.05) is 6.92 Å². The molecule has 8 nitrogen and oxygen atoms in total. The second-order valence-corrected chi connectivity index (χ2v) is 4.43. The number of aromatic amines is 1. The first kappa shape index (κ1) is 14.9. The Labute approximate surface area is 125 Å². The summed E-state index contributed by atoms with van der Waals surface area (Å²) in [7, 11) is 1.38. The first-order chi connectivity index (χ1) is 10.1. The number of hydrogen-bond acceptors (Lipinski definition) is 6. The van der Waals surface area contributed by atoms with E-state index in [-0.39, 0.29) is 11.4 Å². The number of nitrogens with zero attached hydrogens (tertiary/aromatic N) is 4. The van der Waals surface area contributed by atoms with E-state index < -0.39 is 4.92 Å². The molecule has 0 amide bonds. The van der Waals surface area contributed by atoms with E-state index in [0.717, 1.165) is 0 Å². The van der Waals surface area contributed by atoms with Crippen LogP contribution in [0, 0.1) is 14.9 Å². The number of H-pyrrole nitrogens is 1. The van der Waals surface area contributed by atoms with Gasteiger partial charge in [0.2, 0.25) is 4.77 Å². The van der Waals surface area contributed by atoms with Gasteiger partial charge in [0.1, 0.15) is 0 Å². The Morgan fingerprint density at radius 2 is 2.38 bits per heavy atom. The Balaban J connectivity index is 2.37. The maximum Gasteiger partial charge on any atom is 0.311 e. The number of nitro groups is 1. The third-order valence-electron chi connectivity index (χ3n) is 2.76. The summed E-state index contributed by atoms with van der Waals surface area (Å²) in [6, 6.07) is 4.58. The number of aromatic nitrogens is 3. The summed E-state index contributed by atoms with van der Waals surface area (Å²) in [5.74, 6) is 0.880. The van der Waals surface area contributed by atoms with Crippen LogP contribution in [0.4, 0.5) is 5.69 Å². The highest BCUT2D eigenvalue weighted by molar-refractivity contribution is 7.71. The van der Waals surface area contributed by atoms with Gasteiger partial charge in [0, 0.05) is 18.1 Å². The first-order valence-electron chi connectivity index (χ1n) is 6.10. The lowest BCUT2D eigenvalue weighted by atomic mass is 10.2. The number of nitrogens with one attached hydrogen (secondary N) is 1. The number of aryl methyl sites for hydroxylation is 1. The Morgan fingerprint density at radius 1 is 1.62 bits per heavy atom. The standard InChI is InChI=1S/C12H13N5O3S/c1-3-11-14-15-12(21)16(11)13-7-8-4-5-10(20-2)9(6-8)17(18)19/h4-7H,3H2,1-2H3,(H,15,21)/b13-7+. The predicted octanol–water partition coefficient (Wildman–Crippen LogP) is 2.30. The van der Waals surface area contributed by atoms with Gasteiger partial charge in [-0.1, -0.05) is 6.92 Å². The van der Waals surface area contributed by atoms with Gasteiger partial charge in [0.05, 0.1) is 18.2 Å². The minimum atomic E-state index is -0.503. The molecule has 0 aliphatic heterocycles. The molecular weight excluding hydrogens is 294 g/mol. The van der Waals surface area contributed by atoms with Crippen molar-refractivity contribution < 1.29 is 9.66 Å². The zero-order valence-corrected chi connectivity index (χ0v) is 12.3. The Hall–Kier alpha value is -2.55. The highest BCUT2D eigenvalue weighted by Crippen LogP contribution is 2.26. The van der Waals surface area contributed by atoms with Gasteiger partial charge in [0.15, 0.2) is 11.6 Å². The highest BCUT2D eigenvalue weighted by Gasteiger charge is 2.14. The van der Waals surface area contributed by atoms with Crippen molar-refractivity contribution in [1.29, 1.82) is 0 Å². The molecule has 0 radical (unpaired) electrons. The minimum absolute atomic E-state index is 0.118. The number of nitro benzene ring substituents is 1. The second-order valence-electron chi connectivity index (χ2n) is 4.04. The van der Waals surface area contributed by atoms with E-state index >= 15 is 0 Å². The fourth-order valence-corrected chi connectivity index (χ4v) is 1.92. The van der Waals surface area contributed by atoms with Gasteiger partial charge in [-0.15, -0.1) is 0 Å². The van der Waals surface area contributed by atoms with Gasteiger partial charge >= 0.3 is 5.69 Å². The van der Waals surface area contributed by atoms with Crippen molar-refractivity contribution in [2.24, 2.45) is 5.10 Å². The molecule has 2 rings (SSSR count). The molecule has 1 aromatic carbocycles. The molecule has 0 unspecified atom stereocenters. The third-order valence-corrected chi connectivity index (χ3v) is 3.02. The van der Waals surface area contributed by atoms with Gasteiger partial charge in [-0.3, -0.25) is 15.2 Å². The predicted molar refractivity (Wildman–Crippen MR) is 79.4 cm³/mol. The van der Waals surface area contributed by atoms with Crippen LogP contribution in [0.3, 0.4) is 0 Å². The number of ether oxygens (including phenoxy) is 1. The number of rotatable bonds is 5. The van der Waals surface area contributed by atoms with Crippen molar-refractivity contribution in [3.63, 3.8) is 0 Å². The Bertz CT molecular complexity index is 750. The van der Waals surface area contributed by atoms with Crippen molar-refractivity contribution >= 4 is 24.1 Å². The molecule has 0 saturated carbocycles. The topological polar surface area (TPSA) is 98.3 Å². The SMILES string of the molecule is CCc1n[nH]c(=S)n1/N=C/c1ccc(OC)c([N+](=O)[O-])c1. The summed E-state index contributed by atoms with van der Waals surface area (Å²) in [6.45, 7) is 1.93. The molecule has 0 saturated heterocycles. The van der Waals surface area contributed by atoms with Crippen LogP contribution >= 0.6 is 12.2 Å². The molecule has 21 heavy (non-hydrogen) atoms. The average Bonchev–Trinajstić information content (AvgIpc) is 2.85. The van der Waals surface area contributed by atoms with Crippen LogP contribution in [-0.4, -0.2) is 33.1 Å². The molecule has 0 fully saturated rings. The normalized spacial score (nSPS) is 11.0. The van der Waals surface area contributed by atoms with Crippen molar-refractivity contribution in [1.82, 2.24) is 14.9 Å². The summed E-state index contributed by atoms with van der Waals surface area (Å²) >= 11 is 5.06. The molecule has 0 bridgehead atoms. The van der Waals surface area contributed by atoms with Gasteiger partial charge in [-0.2, -0.15) is 14.9 Å². The zero-order chi connectivity index (χ0) is 15.4. The first-order valence-corrected chi connectivity index (χ1v) is 6.50. The smallest absolute Gasteiger partial charge is 0.311 e. The molecule has 0 atom stereocenters. The van der Waals surface area contributed by atoms with E-state index in [2.05, 4.69) is 15.3 Å². The van der Waals surface area contributed by atoms with Gasteiger partial charge in [-0.25, -0.2) is 0 Å². The Kier molecular flexibility index (Phi) is 4.43. The largest absolute Gasteiger partial charge is 0.490 e. The van der Waals surface area contributed by atoms with Crippen LogP contribution in [0.2, 0.25) is 0 Å².